The second kappa shape index (κ2) is 5.95. The zero-order valence-corrected chi connectivity index (χ0v) is 12.6. The number of nitrogens with zero attached hydrogens (tertiary/aromatic N) is 1. The molecule has 0 radical (unpaired) electrons. The Labute approximate surface area is 119 Å². The fraction of sp³-hybridized carbons (Fsp3) is 0.733. The van der Waals surface area contributed by atoms with Gasteiger partial charge in [0.15, 0.2) is 0 Å². The van der Waals surface area contributed by atoms with E-state index in [4.69, 9.17) is 9.47 Å². The van der Waals surface area contributed by atoms with Gasteiger partial charge in [-0.25, -0.2) is 0 Å². The summed E-state index contributed by atoms with van der Waals surface area (Å²) < 4.78 is 10.7. The van der Waals surface area contributed by atoms with E-state index in [9.17, 15) is 9.59 Å². The first-order valence-corrected chi connectivity index (χ1v) is 7.07. The van der Waals surface area contributed by atoms with Crippen molar-refractivity contribution in [3.8, 4) is 0 Å². The Bertz CT molecular complexity index is 405. The van der Waals surface area contributed by atoms with Crippen LogP contribution in [0.3, 0.4) is 0 Å². The molecule has 0 unspecified atom stereocenters. The van der Waals surface area contributed by atoms with Gasteiger partial charge >= 0.3 is 11.9 Å². The van der Waals surface area contributed by atoms with E-state index in [-0.39, 0.29) is 24.1 Å². The minimum absolute atomic E-state index is 0.321. The minimum Gasteiger partial charge on any atom is -0.458 e. The monoisotopic (exact) mass is 281 g/mol. The van der Waals surface area contributed by atoms with Crippen LogP contribution in [0.5, 0.6) is 0 Å². The van der Waals surface area contributed by atoms with Gasteiger partial charge in [0.25, 0.3) is 0 Å². The summed E-state index contributed by atoms with van der Waals surface area (Å²) in [6, 6.07) is 0.508. The van der Waals surface area contributed by atoms with Crippen LogP contribution in [0.4, 0.5) is 0 Å². The third-order valence-electron chi connectivity index (χ3n) is 4.14. The number of carbonyl (C=O) groups is 2. The average molecular weight is 281 g/mol. The van der Waals surface area contributed by atoms with E-state index in [0.717, 1.165) is 12.8 Å². The lowest BCUT2D eigenvalue weighted by Gasteiger charge is -2.31. The molecule has 2 rings (SSSR count). The molecule has 5 heteroatoms. The average Bonchev–Trinajstić information content (AvgIpc) is 2.70. The lowest BCUT2D eigenvalue weighted by Crippen LogP contribution is -2.37. The maximum Gasteiger partial charge on any atom is 0.303 e. The Morgan fingerprint density at radius 2 is 1.30 bits per heavy atom. The third-order valence-corrected chi connectivity index (χ3v) is 4.14. The van der Waals surface area contributed by atoms with Crippen molar-refractivity contribution >= 4 is 11.9 Å². The summed E-state index contributed by atoms with van der Waals surface area (Å²) in [5.41, 5.74) is 2.75. The first-order chi connectivity index (χ1) is 9.36. The van der Waals surface area contributed by atoms with Crippen molar-refractivity contribution in [2.45, 2.75) is 57.8 Å². The highest BCUT2D eigenvalue weighted by Crippen LogP contribution is 2.40. The highest BCUT2D eigenvalue weighted by atomic mass is 16.6. The summed E-state index contributed by atoms with van der Waals surface area (Å²) in [6.45, 7) is 2.79. The largest absolute Gasteiger partial charge is 0.458 e. The van der Waals surface area contributed by atoms with Gasteiger partial charge in [0.1, 0.15) is 12.2 Å². The smallest absolute Gasteiger partial charge is 0.303 e. The molecular formula is C15H23NO4. The molecular weight excluding hydrogens is 258 g/mol. The summed E-state index contributed by atoms with van der Waals surface area (Å²) in [5.74, 6) is -0.642. The SMILES string of the molecule is CC(=O)O[C@H]1CC2=C(CC(N(C)C)C2)C[C@@H]1OC(C)=O. The second-order valence-corrected chi connectivity index (χ2v) is 5.94. The number of carbonyl (C=O) groups excluding carboxylic acids is 2. The van der Waals surface area contributed by atoms with Crippen LogP contribution < -0.4 is 0 Å². The summed E-state index contributed by atoms with van der Waals surface area (Å²) in [6.07, 6.45) is 2.75. The fourth-order valence-electron chi connectivity index (χ4n) is 3.16. The predicted octanol–water partition coefficient (Wildman–Crippen LogP) is 1.66. The van der Waals surface area contributed by atoms with Crippen LogP contribution in [0.15, 0.2) is 11.1 Å². The highest BCUT2D eigenvalue weighted by Gasteiger charge is 2.38. The van der Waals surface area contributed by atoms with Crippen molar-refractivity contribution in [1.82, 2.24) is 4.90 Å². The minimum atomic E-state index is -0.337. The Hall–Kier alpha value is -1.36. The zero-order valence-electron chi connectivity index (χ0n) is 12.6. The van der Waals surface area contributed by atoms with E-state index in [1.54, 1.807) is 0 Å². The van der Waals surface area contributed by atoms with Crippen molar-refractivity contribution < 1.29 is 19.1 Å². The summed E-state index contributed by atoms with van der Waals surface area (Å²) in [5, 5.41) is 0. The van der Waals surface area contributed by atoms with Gasteiger partial charge in [0, 0.05) is 32.7 Å². The van der Waals surface area contributed by atoms with Crippen LogP contribution in [-0.4, -0.2) is 49.2 Å². The molecule has 2 atom stereocenters. The van der Waals surface area contributed by atoms with E-state index in [1.165, 1.54) is 25.0 Å². The van der Waals surface area contributed by atoms with Gasteiger partial charge in [-0.15, -0.1) is 0 Å². The zero-order chi connectivity index (χ0) is 14.9. The molecule has 0 aromatic carbocycles. The van der Waals surface area contributed by atoms with Crippen molar-refractivity contribution in [2.24, 2.45) is 0 Å². The maximum atomic E-state index is 11.2. The first kappa shape index (κ1) is 15.0. The van der Waals surface area contributed by atoms with Crippen molar-refractivity contribution in [2.75, 3.05) is 14.1 Å². The molecule has 0 saturated carbocycles. The fourth-order valence-corrected chi connectivity index (χ4v) is 3.16. The van der Waals surface area contributed by atoms with E-state index >= 15 is 0 Å². The second-order valence-electron chi connectivity index (χ2n) is 5.94. The molecule has 0 amide bonds. The molecule has 5 nitrogen and oxygen atoms in total. The quantitative estimate of drug-likeness (QED) is 0.582. The molecule has 0 aromatic heterocycles. The first-order valence-electron chi connectivity index (χ1n) is 7.07. The molecule has 2 aliphatic carbocycles. The van der Waals surface area contributed by atoms with Crippen molar-refractivity contribution in [3.63, 3.8) is 0 Å². The van der Waals surface area contributed by atoms with Crippen LogP contribution in [0.1, 0.15) is 39.5 Å². The molecule has 0 heterocycles. The van der Waals surface area contributed by atoms with Crippen molar-refractivity contribution in [1.29, 1.82) is 0 Å². The van der Waals surface area contributed by atoms with Gasteiger partial charge in [-0.2, -0.15) is 0 Å². The van der Waals surface area contributed by atoms with Crippen LogP contribution >= 0.6 is 0 Å². The Morgan fingerprint density at radius 1 is 0.900 bits per heavy atom. The van der Waals surface area contributed by atoms with Gasteiger partial charge in [-0.05, 0) is 26.9 Å². The molecule has 0 fully saturated rings. The van der Waals surface area contributed by atoms with E-state index in [1.807, 2.05) is 0 Å². The Balaban J connectivity index is 2.10. The predicted molar refractivity (Wildman–Crippen MR) is 74.1 cm³/mol. The van der Waals surface area contributed by atoms with Crippen LogP contribution in [0.25, 0.3) is 0 Å². The molecule has 0 spiro atoms. The molecule has 0 saturated heterocycles. The van der Waals surface area contributed by atoms with Crippen LogP contribution in [0.2, 0.25) is 0 Å². The molecule has 0 aliphatic heterocycles. The van der Waals surface area contributed by atoms with Crippen LogP contribution in [0, 0.1) is 0 Å². The number of hydrogen-bond donors (Lipinski definition) is 0. The molecule has 112 valence electrons. The van der Waals surface area contributed by atoms with Gasteiger partial charge in [0.2, 0.25) is 0 Å². The summed E-state index contributed by atoms with van der Waals surface area (Å²) >= 11 is 0. The molecule has 0 aromatic rings. The summed E-state index contributed by atoms with van der Waals surface area (Å²) in [4.78, 5) is 24.7. The number of esters is 2. The van der Waals surface area contributed by atoms with Crippen LogP contribution in [-0.2, 0) is 19.1 Å². The molecule has 0 N–H and O–H groups in total. The highest BCUT2D eigenvalue weighted by molar-refractivity contribution is 5.67. The van der Waals surface area contributed by atoms with E-state index in [0.29, 0.717) is 18.9 Å². The third kappa shape index (κ3) is 3.39. The van der Waals surface area contributed by atoms with Gasteiger partial charge in [-0.3, -0.25) is 9.59 Å². The van der Waals surface area contributed by atoms with E-state index < -0.39 is 0 Å². The number of ether oxygens (including phenoxy) is 2. The van der Waals surface area contributed by atoms with Gasteiger partial charge in [-0.1, -0.05) is 11.1 Å². The lowest BCUT2D eigenvalue weighted by molar-refractivity contribution is -0.165. The lowest BCUT2D eigenvalue weighted by atomic mass is 9.89. The standard InChI is InChI=1S/C15H23NO4/c1-9(17)19-14-7-11-5-13(16(3)4)6-12(11)8-15(14)20-10(2)18/h13-15H,5-8H2,1-4H3/t14-,15-/m0/s1. The Kier molecular flexibility index (Phi) is 4.48. The maximum absolute atomic E-state index is 11.2. The molecule has 2 aliphatic rings. The molecule has 0 bridgehead atoms. The topological polar surface area (TPSA) is 55.8 Å². The normalized spacial score (nSPS) is 26.6. The van der Waals surface area contributed by atoms with Gasteiger partial charge in [0.05, 0.1) is 0 Å². The van der Waals surface area contributed by atoms with Crippen molar-refractivity contribution in [3.05, 3.63) is 11.1 Å². The van der Waals surface area contributed by atoms with E-state index in [2.05, 4.69) is 19.0 Å². The number of hydrogen-bond acceptors (Lipinski definition) is 5. The number of rotatable bonds is 3. The van der Waals surface area contributed by atoms with Gasteiger partial charge < -0.3 is 14.4 Å². The summed E-state index contributed by atoms with van der Waals surface area (Å²) in [7, 11) is 4.16. The molecule has 20 heavy (non-hydrogen) atoms. The Morgan fingerprint density at radius 3 is 1.60 bits per heavy atom.